The number of piperidine rings is 1. The van der Waals surface area contributed by atoms with Crippen molar-refractivity contribution in [3.8, 4) is 11.3 Å². The first-order valence-electron chi connectivity index (χ1n) is 13.1. The number of aromatic nitrogens is 2. The molecular weight excluding hydrogens is 541 g/mol. The Balaban J connectivity index is 0.000000493. The maximum Gasteiger partial charge on any atom is 0.490 e. The highest BCUT2D eigenvalue weighted by Gasteiger charge is 2.38. The van der Waals surface area contributed by atoms with Crippen LogP contribution in [-0.2, 0) is 18.3 Å². The first-order valence-corrected chi connectivity index (χ1v) is 13.1. The van der Waals surface area contributed by atoms with Gasteiger partial charge in [-0.25, -0.2) is 13.6 Å². The maximum absolute atomic E-state index is 13.7. The van der Waals surface area contributed by atoms with Crippen molar-refractivity contribution in [1.82, 2.24) is 14.7 Å². The normalized spacial score (nSPS) is 17.5. The molecule has 5 rings (SSSR count). The van der Waals surface area contributed by atoms with E-state index in [1.54, 1.807) is 24.3 Å². The van der Waals surface area contributed by atoms with Crippen LogP contribution < -0.4 is 0 Å². The van der Waals surface area contributed by atoms with Crippen LogP contribution >= 0.6 is 0 Å². The molecule has 10 heteroatoms. The largest absolute Gasteiger partial charge is 0.490 e. The van der Waals surface area contributed by atoms with Crippen LogP contribution in [0.25, 0.3) is 11.3 Å². The number of benzene rings is 3. The zero-order valence-corrected chi connectivity index (χ0v) is 22.4. The topological polar surface area (TPSA) is 58.4 Å². The lowest BCUT2D eigenvalue weighted by Gasteiger charge is -2.39. The molecule has 2 heterocycles. The van der Waals surface area contributed by atoms with Gasteiger partial charge in [0.1, 0.15) is 11.6 Å². The minimum atomic E-state index is -5.08. The predicted molar refractivity (Wildman–Crippen MR) is 145 cm³/mol. The molecule has 3 aromatic carbocycles. The molecule has 0 aliphatic carbocycles. The van der Waals surface area contributed by atoms with Crippen molar-refractivity contribution in [2.45, 2.75) is 30.9 Å². The summed E-state index contributed by atoms with van der Waals surface area (Å²) in [6, 6.07) is 26.1. The number of carboxylic acids is 1. The zero-order valence-electron chi connectivity index (χ0n) is 22.4. The fraction of sp³-hybridized carbons (Fsp3) is 0.290. The lowest BCUT2D eigenvalue weighted by Crippen LogP contribution is -2.40. The highest BCUT2D eigenvalue weighted by Crippen LogP contribution is 2.40. The molecule has 1 N–H and O–H groups in total. The molecule has 1 saturated heterocycles. The molecule has 2 atom stereocenters. The summed E-state index contributed by atoms with van der Waals surface area (Å²) in [6.07, 6.45) is -3.07. The van der Waals surface area contributed by atoms with Crippen molar-refractivity contribution in [2.24, 2.45) is 7.05 Å². The number of hydrogen-bond acceptors (Lipinski definition) is 3. The maximum atomic E-state index is 13.7. The Labute approximate surface area is 234 Å². The van der Waals surface area contributed by atoms with Gasteiger partial charge in [0.2, 0.25) is 0 Å². The summed E-state index contributed by atoms with van der Waals surface area (Å²) in [6.45, 7) is 2.92. The van der Waals surface area contributed by atoms with E-state index < -0.39 is 12.1 Å². The van der Waals surface area contributed by atoms with Gasteiger partial charge in [0.25, 0.3) is 0 Å². The molecule has 2 unspecified atom stereocenters. The Morgan fingerprint density at radius 1 is 0.927 bits per heavy atom. The number of aliphatic carboxylic acids is 1. The standard InChI is InChI=1S/C29H29F2N3.C2HF3O2/c1-33-29(19-28(32-33)23-9-13-25(31)14-10-23)26-16-18-34(17-15-21-5-3-2-4-6-21)20-27(26)22-7-11-24(30)12-8-22;3-2(4,5)1(6)7/h2-14,19,26-27H,15-18,20H2,1H3;(H,6,7). The Bertz CT molecular complexity index is 1420. The molecule has 5 nitrogen and oxygen atoms in total. The number of hydrogen-bond donors (Lipinski definition) is 1. The SMILES string of the molecule is Cn1nc(-c2ccc(F)cc2)cc1C1CCN(CCc2ccccc2)CC1c1ccc(F)cc1.O=C(O)C(F)(F)F. The van der Waals surface area contributed by atoms with Crippen LogP contribution in [0.15, 0.2) is 84.9 Å². The molecule has 0 spiro atoms. The van der Waals surface area contributed by atoms with Gasteiger partial charge in [-0.15, -0.1) is 0 Å². The van der Waals surface area contributed by atoms with Gasteiger partial charge in [0.15, 0.2) is 0 Å². The minimum Gasteiger partial charge on any atom is -0.475 e. The van der Waals surface area contributed by atoms with Crippen molar-refractivity contribution >= 4 is 5.97 Å². The minimum absolute atomic E-state index is 0.212. The van der Waals surface area contributed by atoms with Crippen LogP contribution in [0.2, 0.25) is 0 Å². The van der Waals surface area contributed by atoms with Crippen LogP contribution in [0, 0.1) is 11.6 Å². The molecule has 4 aromatic rings. The van der Waals surface area contributed by atoms with E-state index in [4.69, 9.17) is 15.0 Å². The van der Waals surface area contributed by atoms with Crippen LogP contribution in [0.3, 0.4) is 0 Å². The molecule has 0 saturated carbocycles. The monoisotopic (exact) mass is 571 g/mol. The Morgan fingerprint density at radius 3 is 2.10 bits per heavy atom. The summed E-state index contributed by atoms with van der Waals surface area (Å²) < 4.78 is 60.8. The Morgan fingerprint density at radius 2 is 1.51 bits per heavy atom. The van der Waals surface area contributed by atoms with Crippen LogP contribution in [0.1, 0.15) is 35.1 Å². The molecule has 0 amide bonds. The van der Waals surface area contributed by atoms with Gasteiger partial charge in [-0.05, 0) is 73.0 Å². The zero-order chi connectivity index (χ0) is 29.6. The average molecular weight is 572 g/mol. The number of rotatable bonds is 6. The van der Waals surface area contributed by atoms with E-state index >= 15 is 0 Å². The molecule has 0 bridgehead atoms. The molecule has 216 valence electrons. The fourth-order valence-electron chi connectivity index (χ4n) is 5.15. The van der Waals surface area contributed by atoms with E-state index in [0.29, 0.717) is 0 Å². The quantitative estimate of drug-likeness (QED) is 0.258. The first kappa shape index (κ1) is 29.9. The van der Waals surface area contributed by atoms with Gasteiger partial charge in [-0.3, -0.25) is 4.68 Å². The van der Waals surface area contributed by atoms with Crippen LogP contribution in [-0.4, -0.2) is 51.6 Å². The van der Waals surface area contributed by atoms with Crippen LogP contribution in [0.5, 0.6) is 0 Å². The molecule has 1 aromatic heterocycles. The Hall–Kier alpha value is -4.05. The van der Waals surface area contributed by atoms with E-state index in [2.05, 4.69) is 35.2 Å². The highest BCUT2D eigenvalue weighted by molar-refractivity contribution is 5.73. The van der Waals surface area contributed by atoms with E-state index in [9.17, 15) is 22.0 Å². The molecule has 1 aliphatic rings. The van der Waals surface area contributed by atoms with Gasteiger partial charge in [0.05, 0.1) is 5.69 Å². The number of likely N-dealkylation sites (tertiary alicyclic amines) is 1. The Kier molecular flexibility index (Phi) is 9.54. The molecule has 1 fully saturated rings. The van der Waals surface area contributed by atoms with E-state index in [0.717, 1.165) is 55.0 Å². The van der Waals surface area contributed by atoms with E-state index in [1.165, 1.54) is 17.7 Å². The summed E-state index contributed by atoms with van der Waals surface area (Å²) >= 11 is 0. The van der Waals surface area contributed by atoms with Gasteiger partial charge >= 0.3 is 12.1 Å². The smallest absolute Gasteiger partial charge is 0.475 e. The summed E-state index contributed by atoms with van der Waals surface area (Å²) in [5.41, 5.74) is 5.42. The second kappa shape index (κ2) is 13.1. The second-order valence-electron chi connectivity index (χ2n) is 9.98. The van der Waals surface area contributed by atoms with Crippen molar-refractivity contribution in [3.63, 3.8) is 0 Å². The lowest BCUT2D eigenvalue weighted by atomic mass is 9.78. The average Bonchev–Trinajstić information content (AvgIpc) is 3.34. The third-order valence-corrected chi connectivity index (χ3v) is 7.23. The fourth-order valence-corrected chi connectivity index (χ4v) is 5.15. The predicted octanol–water partition coefficient (Wildman–Crippen LogP) is 6.81. The van der Waals surface area contributed by atoms with Crippen molar-refractivity contribution in [2.75, 3.05) is 19.6 Å². The van der Waals surface area contributed by atoms with Gasteiger partial charge in [-0.2, -0.15) is 18.3 Å². The number of carboxylic acid groups (broad SMARTS) is 1. The number of nitrogens with zero attached hydrogens (tertiary/aromatic N) is 3. The number of halogens is 5. The second-order valence-corrected chi connectivity index (χ2v) is 9.98. The number of carbonyl (C=O) groups is 1. The number of aryl methyl sites for hydroxylation is 1. The lowest BCUT2D eigenvalue weighted by molar-refractivity contribution is -0.192. The van der Waals surface area contributed by atoms with Gasteiger partial charge in [-0.1, -0.05) is 42.5 Å². The first-order chi connectivity index (χ1) is 19.5. The van der Waals surface area contributed by atoms with Crippen LogP contribution in [0.4, 0.5) is 22.0 Å². The molecule has 0 radical (unpaired) electrons. The summed E-state index contributed by atoms with van der Waals surface area (Å²) in [7, 11) is 1.98. The van der Waals surface area contributed by atoms with Crippen molar-refractivity contribution in [1.29, 1.82) is 0 Å². The molecule has 1 aliphatic heterocycles. The third-order valence-electron chi connectivity index (χ3n) is 7.23. The number of alkyl halides is 3. The third kappa shape index (κ3) is 8.00. The van der Waals surface area contributed by atoms with E-state index in [-0.39, 0.29) is 23.5 Å². The van der Waals surface area contributed by atoms with Gasteiger partial charge < -0.3 is 10.0 Å². The van der Waals surface area contributed by atoms with Crippen molar-refractivity contribution in [3.05, 3.63) is 113 Å². The summed E-state index contributed by atoms with van der Waals surface area (Å²) in [5.74, 6) is -2.71. The highest BCUT2D eigenvalue weighted by atomic mass is 19.4. The molecule has 41 heavy (non-hydrogen) atoms. The summed E-state index contributed by atoms with van der Waals surface area (Å²) in [4.78, 5) is 11.4. The van der Waals surface area contributed by atoms with Gasteiger partial charge in [0, 0.05) is 43.2 Å². The van der Waals surface area contributed by atoms with E-state index in [1.807, 2.05) is 29.9 Å². The molecular formula is C31H30F5N3O2. The summed E-state index contributed by atoms with van der Waals surface area (Å²) in [5, 5.41) is 11.9. The van der Waals surface area contributed by atoms with Crippen molar-refractivity contribution < 1.29 is 31.9 Å².